The lowest BCUT2D eigenvalue weighted by atomic mass is 9.79. The molecule has 0 atom stereocenters. The molecule has 16 heavy (non-hydrogen) atoms. The fraction of sp³-hybridized carbons (Fsp3) is 0.417. The Morgan fingerprint density at radius 2 is 2.25 bits per heavy atom. The topological polar surface area (TPSA) is 33.1 Å². The van der Waals surface area contributed by atoms with Crippen molar-refractivity contribution in [3.05, 3.63) is 27.7 Å². The smallest absolute Gasteiger partial charge is 0.131 e. The minimum Gasteiger partial charge on any atom is -0.391 e. The molecule has 0 bridgehead atoms. The normalized spacial score (nSPS) is 16.6. The summed E-state index contributed by atoms with van der Waals surface area (Å²) in [4.78, 5) is 6.24. The highest BCUT2D eigenvalue weighted by Crippen LogP contribution is 2.41. The zero-order chi connectivity index (χ0) is 11.1. The van der Waals surface area contributed by atoms with Gasteiger partial charge in [-0.25, -0.2) is 4.98 Å². The Morgan fingerprint density at radius 1 is 1.44 bits per heavy atom. The highest BCUT2D eigenvalue weighted by atomic mass is 35.5. The Balaban J connectivity index is 2.19. The van der Waals surface area contributed by atoms with E-state index in [0.29, 0.717) is 11.1 Å². The summed E-state index contributed by atoms with van der Waals surface area (Å²) in [7, 11) is 0. The molecule has 0 saturated heterocycles. The summed E-state index contributed by atoms with van der Waals surface area (Å²) >= 11 is 7.57. The lowest BCUT2D eigenvalue weighted by Gasteiger charge is -2.26. The van der Waals surface area contributed by atoms with Gasteiger partial charge >= 0.3 is 0 Å². The van der Waals surface area contributed by atoms with Gasteiger partial charge in [0.1, 0.15) is 9.98 Å². The molecule has 2 aromatic rings. The zero-order valence-electron chi connectivity index (χ0n) is 8.74. The number of pyridine rings is 1. The molecule has 2 nitrogen and oxygen atoms in total. The molecule has 1 aliphatic rings. The van der Waals surface area contributed by atoms with E-state index in [4.69, 9.17) is 16.7 Å². The lowest BCUT2D eigenvalue weighted by molar-refractivity contribution is 0.285. The Labute approximate surface area is 103 Å². The first-order valence-corrected chi connectivity index (χ1v) is 6.67. The van der Waals surface area contributed by atoms with E-state index in [1.807, 2.05) is 6.07 Å². The standard InChI is InChI=1S/C12H12ClNOS/c13-11-5-9(7-2-1-3-7)10-4-8(6-15)16-12(10)14-11/h4-5,7,15H,1-3,6H2. The Morgan fingerprint density at radius 3 is 2.88 bits per heavy atom. The van der Waals surface area contributed by atoms with Gasteiger partial charge in [0.2, 0.25) is 0 Å². The number of hydrogen-bond donors (Lipinski definition) is 1. The van der Waals surface area contributed by atoms with Crippen LogP contribution in [0.1, 0.15) is 35.6 Å². The van der Waals surface area contributed by atoms with Crippen LogP contribution in [0.5, 0.6) is 0 Å². The van der Waals surface area contributed by atoms with Gasteiger partial charge in [0, 0.05) is 10.3 Å². The number of thiophene rings is 1. The molecule has 0 aromatic carbocycles. The van der Waals surface area contributed by atoms with E-state index in [1.165, 1.54) is 41.5 Å². The maximum absolute atomic E-state index is 9.16. The quantitative estimate of drug-likeness (QED) is 0.828. The third-order valence-corrected chi connectivity index (χ3v) is 4.47. The summed E-state index contributed by atoms with van der Waals surface area (Å²) in [6.45, 7) is 0.0861. The molecule has 1 saturated carbocycles. The molecule has 2 heterocycles. The molecule has 4 heteroatoms. The number of nitrogens with zero attached hydrogens (tertiary/aromatic N) is 1. The van der Waals surface area contributed by atoms with Crippen LogP contribution in [0.4, 0.5) is 0 Å². The van der Waals surface area contributed by atoms with Crippen LogP contribution in [0.25, 0.3) is 10.2 Å². The minimum absolute atomic E-state index is 0.0861. The molecule has 84 valence electrons. The van der Waals surface area contributed by atoms with Crippen molar-refractivity contribution >= 4 is 33.2 Å². The molecule has 3 rings (SSSR count). The van der Waals surface area contributed by atoms with Crippen molar-refractivity contribution in [2.24, 2.45) is 0 Å². The Hall–Kier alpha value is -0.640. The molecular formula is C12H12ClNOS. The number of aliphatic hydroxyl groups is 1. The number of halogens is 1. The largest absolute Gasteiger partial charge is 0.391 e. The molecule has 0 amide bonds. The second-order valence-electron chi connectivity index (χ2n) is 4.25. The summed E-state index contributed by atoms with van der Waals surface area (Å²) < 4.78 is 0. The maximum atomic E-state index is 9.16. The van der Waals surface area contributed by atoms with Crippen LogP contribution in [0.3, 0.4) is 0 Å². The van der Waals surface area contributed by atoms with Crippen LogP contribution in [0, 0.1) is 0 Å². The minimum atomic E-state index is 0.0861. The van der Waals surface area contributed by atoms with Crippen molar-refractivity contribution in [3.8, 4) is 0 Å². The maximum Gasteiger partial charge on any atom is 0.131 e. The van der Waals surface area contributed by atoms with Gasteiger partial charge in [0.15, 0.2) is 0 Å². The van der Waals surface area contributed by atoms with Gasteiger partial charge < -0.3 is 5.11 Å². The molecule has 0 spiro atoms. The third kappa shape index (κ3) is 1.63. The summed E-state index contributed by atoms with van der Waals surface area (Å²) in [6.07, 6.45) is 3.81. The lowest BCUT2D eigenvalue weighted by Crippen LogP contribution is -2.09. The first-order valence-electron chi connectivity index (χ1n) is 5.47. The van der Waals surface area contributed by atoms with E-state index in [0.717, 1.165) is 9.71 Å². The fourth-order valence-electron chi connectivity index (χ4n) is 2.19. The van der Waals surface area contributed by atoms with Crippen LogP contribution in [-0.2, 0) is 6.61 Å². The van der Waals surface area contributed by atoms with Crippen molar-refractivity contribution in [2.75, 3.05) is 0 Å². The van der Waals surface area contributed by atoms with Crippen molar-refractivity contribution in [3.63, 3.8) is 0 Å². The van der Waals surface area contributed by atoms with Gasteiger partial charge in [-0.15, -0.1) is 11.3 Å². The summed E-state index contributed by atoms with van der Waals surface area (Å²) in [5, 5.41) is 10.9. The average Bonchev–Trinajstić information content (AvgIpc) is 2.57. The first-order chi connectivity index (χ1) is 7.78. The van der Waals surface area contributed by atoms with Crippen LogP contribution in [-0.4, -0.2) is 10.1 Å². The third-order valence-electron chi connectivity index (χ3n) is 3.26. The van der Waals surface area contributed by atoms with Gasteiger partial charge in [-0.3, -0.25) is 0 Å². The molecular weight excluding hydrogens is 242 g/mol. The van der Waals surface area contributed by atoms with Crippen LogP contribution >= 0.6 is 22.9 Å². The number of aromatic nitrogens is 1. The average molecular weight is 254 g/mol. The van der Waals surface area contributed by atoms with Gasteiger partial charge in [-0.1, -0.05) is 18.0 Å². The number of rotatable bonds is 2. The highest BCUT2D eigenvalue weighted by molar-refractivity contribution is 7.18. The summed E-state index contributed by atoms with van der Waals surface area (Å²) in [6, 6.07) is 4.04. The van der Waals surface area contributed by atoms with Gasteiger partial charge in [-0.2, -0.15) is 0 Å². The number of fused-ring (bicyclic) bond motifs is 1. The van der Waals surface area contributed by atoms with E-state index >= 15 is 0 Å². The molecule has 1 aliphatic carbocycles. The van der Waals surface area contributed by atoms with Gasteiger partial charge in [0.25, 0.3) is 0 Å². The van der Waals surface area contributed by atoms with E-state index in [2.05, 4.69) is 11.1 Å². The zero-order valence-corrected chi connectivity index (χ0v) is 10.3. The van der Waals surface area contributed by atoms with E-state index in [1.54, 1.807) is 0 Å². The van der Waals surface area contributed by atoms with Crippen molar-refractivity contribution < 1.29 is 5.11 Å². The number of hydrogen-bond acceptors (Lipinski definition) is 3. The van der Waals surface area contributed by atoms with Gasteiger partial charge in [-0.05, 0) is 36.5 Å². The predicted molar refractivity (Wildman–Crippen MR) is 67.1 cm³/mol. The summed E-state index contributed by atoms with van der Waals surface area (Å²) in [5.74, 6) is 0.643. The first kappa shape index (κ1) is 10.5. The van der Waals surface area contributed by atoms with Gasteiger partial charge in [0.05, 0.1) is 6.61 Å². The Bertz CT molecular complexity index is 533. The second-order valence-corrected chi connectivity index (χ2v) is 5.75. The van der Waals surface area contributed by atoms with E-state index in [9.17, 15) is 0 Å². The fourth-order valence-corrected chi connectivity index (χ4v) is 3.36. The summed E-state index contributed by atoms with van der Waals surface area (Å²) in [5.41, 5.74) is 1.32. The van der Waals surface area contributed by atoms with E-state index < -0.39 is 0 Å². The molecule has 0 radical (unpaired) electrons. The van der Waals surface area contributed by atoms with Crippen molar-refractivity contribution in [1.29, 1.82) is 0 Å². The highest BCUT2D eigenvalue weighted by Gasteiger charge is 2.23. The van der Waals surface area contributed by atoms with Crippen LogP contribution in [0.15, 0.2) is 12.1 Å². The predicted octanol–water partition coefficient (Wildman–Crippen LogP) is 3.71. The monoisotopic (exact) mass is 253 g/mol. The SMILES string of the molecule is OCc1cc2c(C3CCC3)cc(Cl)nc2s1. The Kier molecular flexibility index (Phi) is 2.62. The molecule has 0 aliphatic heterocycles. The molecule has 1 N–H and O–H groups in total. The number of aliphatic hydroxyl groups excluding tert-OH is 1. The molecule has 2 aromatic heterocycles. The second kappa shape index (κ2) is 3.99. The van der Waals surface area contributed by atoms with E-state index in [-0.39, 0.29) is 6.61 Å². The van der Waals surface area contributed by atoms with Crippen LogP contribution in [0.2, 0.25) is 5.15 Å². The van der Waals surface area contributed by atoms with Crippen molar-refractivity contribution in [2.45, 2.75) is 31.8 Å². The molecule has 1 fully saturated rings. The van der Waals surface area contributed by atoms with Crippen molar-refractivity contribution in [1.82, 2.24) is 4.98 Å². The molecule has 0 unspecified atom stereocenters. The van der Waals surface area contributed by atoms with Crippen LogP contribution < -0.4 is 0 Å².